The minimum absolute atomic E-state index is 0.160. The van der Waals surface area contributed by atoms with Gasteiger partial charge in [-0.15, -0.1) is 0 Å². The van der Waals surface area contributed by atoms with E-state index in [2.05, 4.69) is 12.2 Å². The Morgan fingerprint density at radius 2 is 1.81 bits per heavy atom. The lowest BCUT2D eigenvalue weighted by Crippen LogP contribution is -2.40. The molecule has 0 saturated heterocycles. The zero-order chi connectivity index (χ0) is 12.3. The summed E-state index contributed by atoms with van der Waals surface area (Å²) in [4.78, 5) is 0. The second-order valence-corrected chi connectivity index (χ2v) is 4.89. The Morgan fingerprint density at radius 1 is 1.19 bits per heavy atom. The van der Waals surface area contributed by atoms with Crippen LogP contribution in [-0.2, 0) is 0 Å². The molecule has 1 rings (SSSR count). The molecule has 1 fully saturated rings. The van der Waals surface area contributed by atoms with Gasteiger partial charge in [-0.05, 0) is 32.9 Å². The van der Waals surface area contributed by atoms with Crippen LogP contribution in [0.3, 0.4) is 0 Å². The molecule has 1 aliphatic carbocycles. The maximum Gasteiger partial charge on any atom is 0.0611 e. The van der Waals surface area contributed by atoms with Crippen molar-refractivity contribution >= 4 is 0 Å². The first-order valence-electron chi connectivity index (χ1n) is 6.73. The highest BCUT2D eigenvalue weighted by atomic mass is 16.3. The zero-order valence-electron chi connectivity index (χ0n) is 11.1. The number of unbranched alkanes of at least 4 members (excludes halogenated alkanes) is 3. The lowest BCUT2D eigenvalue weighted by molar-refractivity contribution is 0.199. The first kappa shape index (κ1) is 15.9. The van der Waals surface area contributed by atoms with E-state index in [0.29, 0.717) is 0 Å². The first-order valence-corrected chi connectivity index (χ1v) is 6.73. The van der Waals surface area contributed by atoms with Crippen molar-refractivity contribution in [1.29, 1.82) is 0 Å². The summed E-state index contributed by atoms with van der Waals surface area (Å²) in [6.45, 7) is 3.58. The maximum atomic E-state index is 8.70. The molecule has 0 bridgehead atoms. The topological polar surface area (TPSA) is 58.3 Å². The van der Waals surface area contributed by atoms with E-state index in [9.17, 15) is 0 Å². The molecule has 0 aliphatic heterocycles. The van der Waals surface area contributed by atoms with E-state index in [1.807, 2.05) is 7.05 Å². The van der Waals surface area contributed by atoms with Crippen molar-refractivity contribution in [2.45, 2.75) is 63.8 Å². The van der Waals surface area contributed by atoms with Crippen LogP contribution in [0.25, 0.3) is 0 Å². The Kier molecular flexibility index (Phi) is 9.99. The van der Waals surface area contributed by atoms with Crippen LogP contribution < -0.4 is 11.1 Å². The molecule has 0 spiro atoms. The van der Waals surface area contributed by atoms with Crippen molar-refractivity contribution in [3.8, 4) is 0 Å². The lowest BCUT2D eigenvalue weighted by Gasteiger charge is -2.18. The summed E-state index contributed by atoms with van der Waals surface area (Å²) in [6.07, 6.45) is 9.84. The summed E-state index contributed by atoms with van der Waals surface area (Å²) < 4.78 is 0. The molecular weight excluding hydrogens is 200 g/mol. The smallest absolute Gasteiger partial charge is 0.0611 e. The van der Waals surface area contributed by atoms with Gasteiger partial charge in [-0.2, -0.15) is 0 Å². The van der Waals surface area contributed by atoms with Crippen LogP contribution in [-0.4, -0.2) is 30.8 Å². The van der Waals surface area contributed by atoms with Gasteiger partial charge in [-0.1, -0.05) is 39.0 Å². The van der Waals surface area contributed by atoms with Crippen molar-refractivity contribution in [3.05, 3.63) is 0 Å². The number of hydrogen-bond acceptors (Lipinski definition) is 3. The SMILES string of the molecule is CCCCCCNC.NC1(CO)CCCC1. The Bertz CT molecular complexity index is 139. The van der Waals surface area contributed by atoms with Gasteiger partial charge in [0.1, 0.15) is 0 Å². The second-order valence-electron chi connectivity index (χ2n) is 4.89. The molecule has 1 aliphatic rings. The number of aliphatic hydroxyl groups is 1. The molecule has 16 heavy (non-hydrogen) atoms. The van der Waals surface area contributed by atoms with Gasteiger partial charge in [0, 0.05) is 5.54 Å². The molecule has 1 saturated carbocycles. The fourth-order valence-corrected chi connectivity index (χ4v) is 1.97. The van der Waals surface area contributed by atoms with E-state index in [-0.39, 0.29) is 12.1 Å². The van der Waals surface area contributed by atoms with Gasteiger partial charge in [0.2, 0.25) is 0 Å². The standard InChI is InChI=1S/C7H17N.C6H13NO/c1-3-4-5-6-7-8-2;7-6(5-8)3-1-2-4-6/h8H,3-7H2,1-2H3;8H,1-5,7H2. The molecule has 0 heterocycles. The number of nitrogens with one attached hydrogen (secondary N) is 1. The maximum absolute atomic E-state index is 8.70. The van der Waals surface area contributed by atoms with Crippen LogP contribution in [0.1, 0.15) is 58.3 Å². The predicted molar refractivity (Wildman–Crippen MR) is 70.5 cm³/mol. The highest BCUT2D eigenvalue weighted by Crippen LogP contribution is 2.25. The molecule has 98 valence electrons. The molecule has 0 amide bonds. The zero-order valence-corrected chi connectivity index (χ0v) is 11.1. The Hall–Kier alpha value is -0.120. The van der Waals surface area contributed by atoms with Crippen molar-refractivity contribution in [2.24, 2.45) is 5.73 Å². The summed E-state index contributed by atoms with van der Waals surface area (Å²) in [5, 5.41) is 11.8. The van der Waals surface area contributed by atoms with Gasteiger partial charge in [0.05, 0.1) is 6.61 Å². The average molecular weight is 230 g/mol. The molecule has 3 nitrogen and oxygen atoms in total. The highest BCUT2D eigenvalue weighted by Gasteiger charge is 2.27. The number of aliphatic hydroxyl groups excluding tert-OH is 1. The van der Waals surface area contributed by atoms with Gasteiger partial charge in [-0.25, -0.2) is 0 Å². The summed E-state index contributed by atoms with van der Waals surface area (Å²) in [7, 11) is 2.01. The van der Waals surface area contributed by atoms with Crippen LogP contribution in [0.15, 0.2) is 0 Å². The summed E-state index contributed by atoms with van der Waals surface area (Å²) in [6, 6.07) is 0. The van der Waals surface area contributed by atoms with Crippen LogP contribution in [0.5, 0.6) is 0 Å². The third-order valence-corrected chi connectivity index (χ3v) is 3.19. The van der Waals surface area contributed by atoms with Gasteiger partial charge in [0.15, 0.2) is 0 Å². The van der Waals surface area contributed by atoms with Gasteiger partial charge < -0.3 is 16.2 Å². The highest BCUT2D eigenvalue weighted by molar-refractivity contribution is 4.87. The third kappa shape index (κ3) is 8.08. The van der Waals surface area contributed by atoms with Crippen LogP contribution >= 0.6 is 0 Å². The van der Waals surface area contributed by atoms with Gasteiger partial charge in [-0.3, -0.25) is 0 Å². The number of nitrogens with two attached hydrogens (primary N) is 1. The Labute approximate surface area is 101 Å². The summed E-state index contributed by atoms with van der Waals surface area (Å²) in [5.74, 6) is 0. The summed E-state index contributed by atoms with van der Waals surface area (Å²) >= 11 is 0. The summed E-state index contributed by atoms with van der Waals surface area (Å²) in [5.41, 5.74) is 5.50. The molecule has 3 heteroatoms. The van der Waals surface area contributed by atoms with Crippen LogP contribution in [0.2, 0.25) is 0 Å². The molecule has 0 atom stereocenters. The van der Waals surface area contributed by atoms with E-state index in [0.717, 1.165) is 12.8 Å². The number of rotatable bonds is 6. The molecule has 0 aromatic heterocycles. The Balaban J connectivity index is 0.000000281. The molecular formula is C13H30N2O. The average Bonchev–Trinajstić information content (AvgIpc) is 2.74. The van der Waals surface area contributed by atoms with Crippen LogP contribution in [0.4, 0.5) is 0 Å². The lowest BCUT2D eigenvalue weighted by atomic mass is 10.0. The van der Waals surface area contributed by atoms with Gasteiger partial charge in [0.25, 0.3) is 0 Å². The van der Waals surface area contributed by atoms with E-state index >= 15 is 0 Å². The minimum atomic E-state index is -0.208. The molecule has 0 aromatic rings. The molecule has 4 N–H and O–H groups in total. The van der Waals surface area contributed by atoms with E-state index in [4.69, 9.17) is 10.8 Å². The fraction of sp³-hybridized carbons (Fsp3) is 1.00. The monoisotopic (exact) mass is 230 g/mol. The normalized spacial score (nSPS) is 18.0. The Morgan fingerprint density at radius 3 is 2.19 bits per heavy atom. The molecule has 0 unspecified atom stereocenters. The van der Waals surface area contributed by atoms with E-state index in [1.54, 1.807) is 0 Å². The second kappa shape index (κ2) is 10.1. The van der Waals surface area contributed by atoms with Crippen molar-refractivity contribution in [3.63, 3.8) is 0 Å². The third-order valence-electron chi connectivity index (χ3n) is 3.19. The van der Waals surface area contributed by atoms with Crippen molar-refractivity contribution < 1.29 is 5.11 Å². The van der Waals surface area contributed by atoms with Crippen molar-refractivity contribution in [2.75, 3.05) is 20.2 Å². The van der Waals surface area contributed by atoms with E-state index in [1.165, 1.54) is 45.1 Å². The molecule has 0 aromatic carbocycles. The van der Waals surface area contributed by atoms with Crippen molar-refractivity contribution in [1.82, 2.24) is 5.32 Å². The predicted octanol–water partition coefficient (Wildman–Crippen LogP) is 2.04. The fourth-order valence-electron chi connectivity index (χ4n) is 1.97. The first-order chi connectivity index (χ1) is 7.68. The van der Waals surface area contributed by atoms with Gasteiger partial charge >= 0.3 is 0 Å². The minimum Gasteiger partial charge on any atom is -0.394 e. The quantitative estimate of drug-likeness (QED) is 0.612. The van der Waals surface area contributed by atoms with Crippen LogP contribution in [0, 0.1) is 0 Å². The van der Waals surface area contributed by atoms with E-state index < -0.39 is 0 Å². The largest absolute Gasteiger partial charge is 0.394 e. The number of hydrogen-bond donors (Lipinski definition) is 3. The molecule has 0 radical (unpaired) electrons.